The molecule has 0 bridgehead atoms. The number of hydrogen-bond donors (Lipinski definition) is 1. The first-order valence-corrected chi connectivity index (χ1v) is 8.07. The molecule has 1 aromatic rings. The maximum absolute atomic E-state index is 13.5. The van der Waals surface area contributed by atoms with Gasteiger partial charge in [-0.15, -0.1) is 0 Å². The molecule has 0 saturated carbocycles. The van der Waals surface area contributed by atoms with Gasteiger partial charge in [0.1, 0.15) is 10.8 Å². The van der Waals surface area contributed by atoms with Crippen molar-refractivity contribution < 1.29 is 4.39 Å². The summed E-state index contributed by atoms with van der Waals surface area (Å²) in [4.78, 5) is 2.39. The van der Waals surface area contributed by atoms with E-state index in [1.165, 1.54) is 6.07 Å². The second kappa shape index (κ2) is 7.82. The summed E-state index contributed by atoms with van der Waals surface area (Å²) in [5, 5.41) is 0. The fraction of sp³-hybridized carbons (Fsp3) is 0.500. The van der Waals surface area contributed by atoms with Crippen LogP contribution in [0.3, 0.4) is 0 Å². The zero-order valence-electron chi connectivity index (χ0n) is 11.6. The normalized spacial score (nSPS) is 12.7. The van der Waals surface area contributed by atoms with Crippen LogP contribution in [0.25, 0.3) is 0 Å². The smallest absolute Gasteiger partial charge is 0.133 e. The summed E-state index contributed by atoms with van der Waals surface area (Å²) in [6, 6.07) is 5.50. The lowest BCUT2D eigenvalue weighted by Crippen LogP contribution is -2.32. The first kappa shape index (κ1) is 16.4. The Bertz CT molecular complexity index is 437. The second-order valence-corrected chi connectivity index (χ2v) is 5.96. The van der Waals surface area contributed by atoms with Crippen LogP contribution in [-0.2, 0) is 6.54 Å². The van der Waals surface area contributed by atoms with Crippen LogP contribution in [0.4, 0.5) is 4.39 Å². The quantitative estimate of drug-likeness (QED) is 0.784. The van der Waals surface area contributed by atoms with E-state index in [0.29, 0.717) is 11.6 Å². The van der Waals surface area contributed by atoms with Crippen LogP contribution in [0.2, 0.25) is 0 Å². The van der Waals surface area contributed by atoms with Crippen molar-refractivity contribution in [1.82, 2.24) is 4.90 Å². The van der Waals surface area contributed by atoms with Gasteiger partial charge < -0.3 is 5.73 Å². The minimum atomic E-state index is -0.352. The van der Waals surface area contributed by atoms with Crippen LogP contribution in [0.1, 0.15) is 24.5 Å². The lowest BCUT2D eigenvalue weighted by atomic mass is 10.1. The molecule has 2 nitrogen and oxygen atoms in total. The Morgan fingerprint density at radius 1 is 1.53 bits per heavy atom. The van der Waals surface area contributed by atoms with Gasteiger partial charge in [-0.2, -0.15) is 11.8 Å². The minimum absolute atomic E-state index is 0.109. The Kier molecular flexibility index (Phi) is 6.75. The average Bonchev–Trinajstić information content (AvgIpc) is 2.37. The molecule has 0 aliphatic heterocycles. The highest BCUT2D eigenvalue weighted by atomic mass is 32.2. The van der Waals surface area contributed by atoms with Gasteiger partial charge in [0, 0.05) is 23.9 Å². The standard InChI is InChI=1S/C14H21FN2S2/c1-4-11(9-19-3)17(2)8-10-5-6-13(15)12(7-10)14(16)18/h5-7,11H,4,8-9H2,1-3H3,(H2,16,18). The summed E-state index contributed by atoms with van der Waals surface area (Å²) in [5.41, 5.74) is 6.89. The molecule has 0 saturated heterocycles. The monoisotopic (exact) mass is 300 g/mol. The number of nitrogens with two attached hydrogens (primary N) is 1. The number of thioether (sulfide) groups is 1. The van der Waals surface area contributed by atoms with E-state index in [-0.39, 0.29) is 10.8 Å². The van der Waals surface area contributed by atoms with Crippen LogP contribution < -0.4 is 5.73 Å². The van der Waals surface area contributed by atoms with E-state index in [1.54, 1.807) is 12.1 Å². The van der Waals surface area contributed by atoms with Gasteiger partial charge in [-0.05, 0) is 37.4 Å². The molecule has 2 N–H and O–H groups in total. The summed E-state index contributed by atoms with van der Waals surface area (Å²) in [6.45, 7) is 2.96. The van der Waals surface area contributed by atoms with E-state index in [1.807, 2.05) is 11.8 Å². The summed E-state index contributed by atoms with van der Waals surface area (Å²) in [7, 11) is 2.09. The van der Waals surface area contributed by atoms with Crippen molar-refractivity contribution in [3.05, 3.63) is 35.1 Å². The number of rotatable bonds is 7. The summed E-state index contributed by atoms with van der Waals surface area (Å²) < 4.78 is 13.5. The molecule has 0 aliphatic rings. The molecule has 19 heavy (non-hydrogen) atoms. The Hall–Kier alpha value is -0.650. The highest BCUT2D eigenvalue weighted by molar-refractivity contribution is 7.98. The van der Waals surface area contributed by atoms with Gasteiger partial charge >= 0.3 is 0 Å². The summed E-state index contributed by atoms with van der Waals surface area (Å²) >= 11 is 6.70. The molecule has 1 aromatic carbocycles. The van der Waals surface area contributed by atoms with Crippen molar-refractivity contribution in [1.29, 1.82) is 0 Å². The Balaban J connectivity index is 2.81. The third-order valence-corrected chi connectivity index (χ3v) is 4.12. The molecule has 1 unspecified atom stereocenters. The lowest BCUT2D eigenvalue weighted by molar-refractivity contribution is 0.248. The first-order valence-electron chi connectivity index (χ1n) is 6.27. The molecule has 1 rings (SSSR count). The molecule has 0 aliphatic carbocycles. The number of thiocarbonyl (C=S) groups is 1. The predicted molar refractivity (Wildman–Crippen MR) is 86.2 cm³/mol. The molecule has 0 fully saturated rings. The van der Waals surface area contributed by atoms with E-state index in [2.05, 4.69) is 25.1 Å². The van der Waals surface area contributed by atoms with Gasteiger partial charge in [-0.3, -0.25) is 4.90 Å². The number of nitrogens with zero attached hydrogens (tertiary/aromatic N) is 1. The van der Waals surface area contributed by atoms with Crippen molar-refractivity contribution in [3.8, 4) is 0 Å². The largest absolute Gasteiger partial charge is 0.389 e. The topological polar surface area (TPSA) is 29.3 Å². The fourth-order valence-corrected chi connectivity index (χ4v) is 3.06. The van der Waals surface area contributed by atoms with Crippen LogP contribution in [0, 0.1) is 5.82 Å². The number of benzene rings is 1. The van der Waals surface area contributed by atoms with Gasteiger partial charge in [0.25, 0.3) is 0 Å². The SMILES string of the molecule is CCC(CSC)N(C)Cc1ccc(F)c(C(N)=S)c1. The van der Waals surface area contributed by atoms with E-state index in [4.69, 9.17) is 18.0 Å². The van der Waals surface area contributed by atoms with Crippen LogP contribution in [0.5, 0.6) is 0 Å². The third kappa shape index (κ3) is 4.75. The second-order valence-electron chi connectivity index (χ2n) is 4.61. The molecule has 5 heteroatoms. The van der Waals surface area contributed by atoms with Gasteiger partial charge in [-0.1, -0.05) is 25.2 Å². The summed E-state index contributed by atoms with van der Waals surface area (Å²) in [6.07, 6.45) is 3.21. The highest BCUT2D eigenvalue weighted by Gasteiger charge is 2.13. The molecule has 1 atom stereocenters. The van der Waals surface area contributed by atoms with E-state index in [9.17, 15) is 4.39 Å². The molecule has 0 heterocycles. The fourth-order valence-electron chi connectivity index (χ4n) is 2.03. The average molecular weight is 300 g/mol. The lowest BCUT2D eigenvalue weighted by Gasteiger charge is -2.26. The van der Waals surface area contributed by atoms with Gasteiger partial charge in [0.15, 0.2) is 0 Å². The van der Waals surface area contributed by atoms with Crippen LogP contribution >= 0.6 is 24.0 Å². The van der Waals surface area contributed by atoms with Crippen molar-refractivity contribution >= 4 is 29.0 Å². The Labute approximate surface area is 124 Å². The highest BCUT2D eigenvalue weighted by Crippen LogP contribution is 2.15. The van der Waals surface area contributed by atoms with Gasteiger partial charge in [0.05, 0.1) is 0 Å². The first-order chi connectivity index (χ1) is 8.99. The van der Waals surface area contributed by atoms with Crippen molar-refractivity contribution in [2.75, 3.05) is 19.1 Å². The van der Waals surface area contributed by atoms with E-state index in [0.717, 1.165) is 24.3 Å². The Morgan fingerprint density at radius 2 is 2.21 bits per heavy atom. The summed E-state index contributed by atoms with van der Waals surface area (Å²) in [5.74, 6) is 0.742. The van der Waals surface area contributed by atoms with E-state index >= 15 is 0 Å². The van der Waals surface area contributed by atoms with Crippen LogP contribution in [-0.4, -0.2) is 35.0 Å². The predicted octanol–water partition coefficient (Wildman–Crippen LogP) is 3.03. The molecular weight excluding hydrogens is 279 g/mol. The molecular formula is C14H21FN2S2. The molecule has 0 aromatic heterocycles. The Morgan fingerprint density at radius 3 is 2.74 bits per heavy atom. The van der Waals surface area contributed by atoms with Crippen molar-refractivity contribution in [2.24, 2.45) is 5.73 Å². The molecule has 0 amide bonds. The molecule has 106 valence electrons. The molecule has 0 spiro atoms. The third-order valence-electron chi connectivity index (χ3n) is 3.18. The molecule has 0 radical (unpaired) electrons. The van der Waals surface area contributed by atoms with Crippen molar-refractivity contribution in [2.45, 2.75) is 25.9 Å². The zero-order chi connectivity index (χ0) is 14.4. The van der Waals surface area contributed by atoms with Crippen molar-refractivity contribution in [3.63, 3.8) is 0 Å². The zero-order valence-corrected chi connectivity index (χ0v) is 13.3. The maximum Gasteiger partial charge on any atom is 0.133 e. The van der Waals surface area contributed by atoms with Gasteiger partial charge in [0.2, 0.25) is 0 Å². The maximum atomic E-state index is 13.5. The number of halogens is 1. The number of hydrogen-bond acceptors (Lipinski definition) is 3. The van der Waals surface area contributed by atoms with Gasteiger partial charge in [-0.25, -0.2) is 4.39 Å². The van der Waals surface area contributed by atoms with E-state index < -0.39 is 0 Å². The van der Waals surface area contributed by atoms with Crippen LogP contribution in [0.15, 0.2) is 18.2 Å². The minimum Gasteiger partial charge on any atom is -0.389 e.